The Labute approximate surface area is 123 Å². The molecule has 0 amide bonds. The van der Waals surface area contributed by atoms with Crippen molar-refractivity contribution in [3.8, 4) is 0 Å². The van der Waals surface area contributed by atoms with Crippen molar-refractivity contribution in [1.29, 1.82) is 0 Å². The van der Waals surface area contributed by atoms with E-state index in [1.807, 2.05) is 23.6 Å². The second-order valence-electron chi connectivity index (χ2n) is 7.41. The first-order valence-electron chi connectivity index (χ1n) is 7.40. The Kier molecular flexibility index (Phi) is 3.44. The topological polar surface area (TPSA) is 104 Å². The quantitative estimate of drug-likeness (QED) is 0.459. The maximum Gasteiger partial charge on any atom is 0.149 e. The van der Waals surface area contributed by atoms with Crippen LogP contribution in [0.4, 0.5) is 0 Å². The monoisotopic (exact) mass is 300 g/mol. The van der Waals surface area contributed by atoms with E-state index >= 15 is 0 Å². The van der Waals surface area contributed by atoms with E-state index < -0.39 is 41.9 Å². The normalized spacial score (nSPS) is 49.2. The van der Waals surface area contributed by atoms with Gasteiger partial charge in [-0.1, -0.05) is 13.8 Å². The summed E-state index contributed by atoms with van der Waals surface area (Å²) in [6, 6.07) is 0. The zero-order valence-electron chi connectivity index (χ0n) is 12.4. The van der Waals surface area contributed by atoms with Gasteiger partial charge in [0.15, 0.2) is 0 Å². The Morgan fingerprint density at radius 1 is 1.10 bits per heavy atom. The van der Waals surface area contributed by atoms with E-state index in [4.69, 9.17) is 5.11 Å². The van der Waals surface area contributed by atoms with Gasteiger partial charge in [0.1, 0.15) is 24.1 Å². The molecule has 4 aliphatic rings. The zero-order valence-corrected chi connectivity index (χ0v) is 12.4. The van der Waals surface area contributed by atoms with E-state index in [-0.39, 0.29) is 5.78 Å². The highest BCUT2D eigenvalue weighted by molar-refractivity contribution is 5.92. The first kappa shape index (κ1) is 15.3. The van der Waals surface area contributed by atoms with Gasteiger partial charge in [0.2, 0.25) is 0 Å². The van der Waals surface area contributed by atoms with E-state index in [2.05, 4.69) is 0 Å². The van der Waals surface area contributed by atoms with Crippen LogP contribution in [0, 0.1) is 10.8 Å². The Hall–Kier alpha value is -0.570. The second kappa shape index (κ2) is 4.71. The minimum Gasteiger partial charge on any atom is -0.394 e. The van der Waals surface area contributed by atoms with Crippen molar-refractivity contribution in [1.82, 2.24) is 9.80 Å². The molecular formula is C14H24N2O5. The highest BCUT2D eigenvalue weighted by Gasteiger charge is 2.63. The van der Waals surface area contributed by atoms with Crippen LogP contribution in [-0.2, 0) is 4.79 Å². The second-order valence-corrected chi connectivity index (χ2v) is 7.41. The standard InChI is InChI=1S/C14H24N2O5/c1-13-4-15-6-14(2,12(13)21)7-16(5-13)11(15)10(20)9(19)8(18)3-17/h8-11,17-20H,3-7H2,1-2H3/t8-,9+,10+,11?,13?,14?/m1/s1. The van der Waals surface area contributed by atoms with Gasteiger partial charge in [0.05, 0.1) is 23.6 Å². The lowest BCUT2D eigenvalue weighted by Gasteiger charge is -2.65. The molecular weight excluding hydrogens is 276 g/mol. The molecule has 4 bridgehead atoms. The smallest absolute Gasteiger partial charge is 0.149 e. The number of aliphatic hydroxyl groups is 4. The molecule has 0 aromatic carbocycles. The van der Waals surface area contributed by atoms with Gasteiger partial charge in [-0.2, -0.15) is 0 Å². The molecule has 4 rings (SSSR count). The molecule has 4 saturated heterocycles. The molecule has 0 aromatic heterocycles. The molecule has 0 unspecified atom stereocenters. The number of nitrogens with zero attached hydrogens (tertiary/aromatic N) is 2. The number of rotatable bonds is 4. The van der Waals surface area contributed by atoms with Crippen LogP contribution >= 0.6 is 0 Å². The minimum absolute atomic E-state index is 0.284. The van der Waals surface area contributed by atoms with E-state index in [1.54, 1.807) is 0 Å². The number of Topliss-reactive ketones (excluding diaryl/α,β-unsaturated/α-hetero) is 1. The third-order valence-corrected chi connectivity index (χ3v) is 5.29. The van der Waals surface area contributed by atoms with Gasteiger partial charge < -0.3 is 20.4 Å². The van der Waals surface area contributed by atoms with Gasteiger partial charge in [-0.3, -0.25) is 14.6 Å². The van der Waals surface area contributed by atoms with Gasteiger partial charge in [0.25, 0.3) is 0 Å². The lowest BCUT2D eigenvalue weighted by Crippen LogP contribution is -2.80. The number of hydrogen-bond donors (Lipinski definition) is 4. The van der Waals surface area contributed by atoms with E-state index in [0.29, 0.717) is 26.2 Å². The SMILES string of the molecule is CC12CN3CC(C)(CN(C1)C3[C@@H](O)[C@@H](O)[C@H](O)CO)C2=O. The average Bonchev–Trinajstić information content (AvgIpc) is 2.41. The molecule has 0 radical (unpaired) electrons. The molecule has 0 spiro atoms. The fourth-order valence-corrected chi connectivity index (χ4v) is 4.57. The first-order chi connectivity index (χ1) is 9.72. The summed E-state index contributed by atoms with van der Waals surface area (Å²) in [5.41, 5.74) is -0.857. The molecule has 0 aromatic rings. The number of aliphatic hydroxyl groups excluding tert-OH is 4. The maximum absolute atomic E-state index is 12.5. The van der Waals surface area contributed by atoms with Crippen LogP contribution in [-0.4, -0.2) is 93.3 Å². The molecule has 3 atom stereocenters. The van der Waals surface area contributed by atoms with Crippen molar-refractivity contribution in [3.05, 3.63) is 0 Å². The van der Waals surface area contributed by atoms with Crippen LogP contribution in [0.25, 0.3) is 0 Å². The van der Waals surface area contributed by atoms with Crippen LogP contribution < -0.4 is 0 Å². The molecule has 4 heterocycles. The fraction of sp³-hybridized carbons (Fsp3) is 0.929. The van der Waals surface area contributed by atoms with E-state index in [1.165, 1.54) is 0 Å². The molecule has 4 aliphatic heterocycles. The minimum atomic E-state index is -1.41. The highest BCUT2D eigenvalue weighted by atomic mass is 16.4. The van der Waals surface area contributed by atoms with Crippen LogP contribution in [0.3, 0.4) is 0 Å². The van der Waals surface area contributed by atoms with Crippen LogP contribution in [0.1, 0.15) is 13.8 Å². The Morgan fingerprint density at radius 2 is 1.52 bits per heavy atom. The molecule has 4 N–H and O–H groups in total. The first-order valence-corrected chi connectivity index (χ1v) is 7.40. The average molecular weight is 300 g/mol. The van der Waals surface area contributed by atoms with Crippen LogP contribution in [0.5, 0.6) is 0 Å². The molecule has 21 heavy (non-hydrogen) atoms. The van der Waals surface area contributed by atoms with E-state index in [0.717, 1.165) is 0 Å². The number of ketones is 1. The van der Waals surface area contributed by atoms with Crippen molar-refractivity contribution < 1.29 is 25.2 Å². The Morgan fingerprint density at radius 3 is 1.90 bits per heavy atom. The van der Waals surface area contributed by atoms with Gasteiger partial charge in [0, 0.05) is 26.2 Å². The van der Waals surface area contributed by atoms with E-state index in [9.17, 15) is 20.1 Å². The number of carbonyl (C=O) groups is 1. The predicted octanol–water partition coefficient (Wildman–Crippen LogP) is -2.39. The van der Waals surface area contributed by atoms with Gasteiger partial charge in [-0.05, 0) is 0 Å². The molecule has 0 saturated carbocycles. The molecule has 4 fully saturated rings. The number of piperidine rings is 2. The summed E-state index contributed by atoms with van der Waals surface area (Å²) in [6.45, 7) is 5.53. The number of carbonyl (C=O) groups excluding carboxylic acids is 1. The summed E-state index contributed by atoms with van der Waals surface area (Å²) in [5.74, 6) is 0.284. The van der Waals surface area contributed by atoms with Crippen LogP contribution in [0.2, 0.25) is 0 Å². The molecule has 7 nitrogen and oxygen atoms in total. The third kappa shape index (κ3) is 2.07. The van der Waals surface area contributed by atoms with Crippen molar-refractivity contribution in [3.63, 3.8) is 0 Å². The lowest BCUT2D eigenvalue weighted by atomic mass is 9.61. The van der Waals surface area contributed by atoms with Crippen molar-refractivity contribution in [2.24, 2.45) is 10.8 Å². The molecule has 7 heteroatoms. The van der Waals surface area contributed by atoms with Gasteiger partial charge in [-0.25, -0.2) is 0 Å². The largest absolute Gasteiger partial charge is 0.394 e. The third-order valence-electron chi connectivity index (χ3n) is 5.29. The fourth-order valence-electron chi connectivity index (χ4n) is 4.57. The van der Waals surface area contributed by atoms with Crippen molar-refractivity contribution in [2.45, 2.75) is 38.3 Å². The summed E-state index contributed by atoms with van der Waals surface area (Å²) in [4.78, 5) is 16.6. The Balaban J connectivity index is 1.84. The summed E-state index contributed by atoms with van der Waals surface area (Å²) in [7, 11) is 0. The van der Waals surface area contributed by atoms with Gasteiger partial charge in [-0.15, -0.1) is 0 Å². The van der Waals surface area contributed by atoms with Crippen molar-refractivity contribution >= 4 is 5.78 Å². The number of hydrogen-bond acceptors (Lipinski definition) is 7. The predicted molar refractivity (Wildman–Crippen MR) is 73.3 cm³/mol. The summed E-state index contributed by atoms with van der Waals surface area (Å²) in [6.07, 6.45) is -4.38. The Bertz CT molecular complexity index is 417. The molecule has 0 aliphatic carbocycles. The lowest BCUT2D eigenvalue weighted by molar-refractivity contribution is -0.225. The summed E-state index contributed by atoms with van der Waals surface area (Å²) < 4.78 is 0. The highest BCUT2D eigenvalue weighted by Crippen LogP contribution is 2.48. The summed E-state index contributed by atoms with van der Waals surface area (Å²) in [5, 5.41) is 38.8. The maximum atomic E-state index is 12.5. The van der Waals surface area contributed by atoms with Crippen molar-refractivity contribution in [2.75, 3.05) is 32.8 Å². The zero-order chi connectivity index (χ0) is 15.6. The summed E-state index contributed by atoms with van der Waals surface area (Å²) >= 11 is 0. The van der Waals surface area contributed by atoms with Gasteiger partial charge >= 0.3 is 0 Å². The van der Waals surface area contributed by atoms with Crippen LogP contribution in [0.15, 0.2) is 0 Å². The molecule has 120 valence electrons.